The van der Waals surface area contributed by atoms with Gasteiger partial charge in [-0.15, -0.1) is 0 Å². The third kappa shape index (κ3) is 5.19. The van der Waals surface area contributed by atoms with E-state index in [0.29, 0.717) is 30.0 Å². The van der Waals surface area contributed by atoms with Crippen molar-refractivity contribution in [2.75, 3.05) is 38.2 Å². The molecular formula is C25H24N2O5S. The van der Waals surface area contributed by atoms with Crippen molar-refractivity contribution in [3.05, 3.63) is 95.6 Å². The fraction of sp³-hybridized carbons (Fsp3) is 0.200. The Morgan fingerprint density at radius 2 is 1.52 bits per heavy atom. The van der Waals surface area contributed by atoms with E-state index in [1.165, 1.54) is 16.4 Å². The molecule has 0 radical (unpaired) electrons. The summed E-state index contributed by atoms with van der Waals surface area (Å²) in [6.45, 7) is 1.19. The smallest absolute Gasteiger partial charge is 0.243 e. The van der Waals surface area contributed by atoms with Crippen LogP contribution in [0.25, 0.3) is 0 Å². The number of carbonyl (C=O) groups excluding carboxylic acids is 2. The molecule has 3 aromatic rings. The highest BCUT2D eigenvalue weighted by Gasteiger charge is 2.27. The van der Waals surface area contributed by atoms with E-state index in [4.69, 9.17) is 4.74 Å². The van der Waals surface area contributed by atoms with Crippen LogP contribution in [0.2, 0.25) is 0 Å². The maximum atomic E-state index is 12.9. The van der Waals surface area contributed by atoms with Gasteiger partial charge in [-0.1, -0.05) is 54.6 Å². The number of sulfonamides is 1. The Labute approximate surface area is 193 Å². The quantitative estimate of drug-likeness (QED) is 0.515. The van der Waals surface area contributed by atoms with Crippen molar-refractivity contribution in [2.24, 2.45) is 0 Å². The number of nitrogens with one attached hydrogen (secondary N) is 1. The standard InChI is InChI=1S/C25H24N2O5S/c28-24(20-9-6-10-21(17-20)33(30,31)27-13-15-32-16-14-27)18-26-23-12-5-4-11-22(23)25(29)19-7-2-1-3-8-19/h1-12,17,26H,13-16,18H2. The van der Waals surface area contributed by atoms with Gasteiger partial charge in [0.2, 0.25) is 10.0 Å². The molecule has 0 aromatic heterocycles. The monoisotopic (exact) mass is 464 g/mol. The molecule has 0 bridgehead atoms. The molecule has 0 amide bonds. The second kappa shape index (κ2) is 10.1. The molecule has 33 heavy (non-hydrogen) atoms. The number of benzene rings is 3. The Hall–Kier alpha value is -3.33. The summed E-state index contributed by atoms with van der Waals surface area (Å²) in [6.07, 6.45) is 0. The number of ether oxygens (including phenoxy) is 1. The predicted molar refractivity (Wildman–Crippen MR) is 125 cm³/mol. The molecule has 7 nitrogen and oxygen atoms in total. The van der Waals surface area contributed by atoms with Crippen molar-refractivity contribution in [2.45, 2.75) is 4.90 Å². The van der Waals surface area contributed by atoms with Crippen molar-refractivity contribution in [1.29, 1.82) is 0 Å². The molecule has 1 heterocycles. The molecule has 3 aromatic carbocycles. The summed E-state index contributed by atoms with van der Waals surface area (Å²) in [5.41, 5.74) is 1.83. The van der Waals surface area contributed by atoms with Gasteiger partial charge in [-0.25, -0.2) is 8.42 Å². The Balaban J connectivity index is 1.49. The van der Waals surface area contributed by atoms with Gasteiger partial charge < -0.3 is 10.1 Å². The van der Waals surface area contributed by atoms with Crippen molar-refractivity contribution in [3.8, 4) is 0 Å². The van der Waals surface area contributed by atoms with E-state index in [1.807, 2.05) is 6.07 Å². The Morgan fingerprint density at radius 3 is 2.27 bits per heavy atom. The highest BCUT2D eigenvalue weighted by Crippen LogP contribution is 2.21. The molecule has 1 N–H and O–H groups in total. The molecule has 4 rings (SSSR count). The van der Waals surface area contributed by atoms with Gasteiger partial charge in [0.15, 0.2) is 11.6 Å². The van der Waals surface area contributed by atoms with E-state index >= 15 is 0 Å². The summed E-state index contributed by atoms with van der Waals surface area (Å²) in [5, 5.41) is 3.04. The number of morpholine rings is 1. The van der Waals surface area contributed by atoms with Gasteiger partial charge >= 0.3 is 0 Å². The third-order valence-corrected chi connectivity index (χ3v) is 7.31. The molecule has 8 heteroatoms. The fourth-order valence-electron chi connectivity index (χ4n) is 3.62. The molecule has 0 unspecified atom stereocenters. The summed E-state index contributed by atoms with van der Waals surface area (Å²) < 4.78 is 32.4. The highest BCUT2D eigenvalue weighted by molar-refractivity contribution is 7.89. The Bertz CT molecular complexity index is 1250. The average Bonchev–Trinajstić information content (AvgIpc) is 2.88. The highest BCUT2D eigenvalue weighted by atomic mass is 32.2. The lowest BCUT2D eigenvalue weighted by Gasteiger charge is -2.26. The van der Waals surface area contributed by atoms with Crippen LogP contribution in [0.5, 0.6) is 0 Å². The molecular weight excluding hydrogens is 440 g/mol. The Morgan fingerprint density at radius 1 is 0.848 bits per heavy atom. The topological polar surface area (TPSA) is 92.8 Å². The number of ketones is 2. The van der Waals surface area contributed by atoms with Gasteiger partial charge in [0.05, 0.1) is 24.7 Å². The second-order valence-electron chi connectivity index (χ2n) is 7.56. The zero-order chi connectivity index (χ0) is 23.3. The van der Waals surface area contributed by atoms with E-state index in [-0.39, 0.29) is 41.7 Å². The van der Waals surface area contributed by atoms with Crippen LogP contribution in [-0.2, 0) is 14.8 Å². The summed E-state index contributed by atoms with van der Waals surface area (Å²) in [4.78, 5) is 25.8. The first-order valence-corrected chi connectivity index (χ1v) is 12.0. The van der Waals surface area contributed by atoms with Gasteiger partial charge in [-0.05, 0) is 24.3 Å². The number of hydrogen-bond donors (Lipinski definition) is 1. The van der Waals surface area contributed by atoms with E-state index in [9.17, 15) is 18.0 Å². The number of anilines is 1. The van der Waals surface area contributed by atoms with E-state index < -0.39 is 10.0 Å². The molecule has 0 spiro atoms. The first-order valence-electron chi connectivity index (χ1n) is 10.6. The summed E-state index contributed by atoms with van der Waals surface area (Å²) >= 11 is 0. The lowest BCUT2D eigenvalue weighted by molar-refractivity contribution is 0.0730. The predicted octanol–water partition coefficient (Wildman–Crippen LogP) is 3.23. The molecule has 1 fully saturated rings. The summed E-state index contributed by atoms with van der Waals surface area (Å²) in [6, 6.07) is 21.9. The SMILES string of the molecule is O=C(CNc1ccccc1C(=O)c1ccccc1)c1cccc(S(=O)(=O)N2CCOCC2)c1. The van der Waals surface area contributed by atoms with Crippen molar-refractivity contribution in [3.63, 3.8) is 0 Å². The van der Waals surface area contributed by atoms with Crippen LogP contribution in [-0.4, -0.2) is 57.1 Å². The van der Waals surface area contributed by atoms with Gasteiger partial charge in [-0.3, -0.25) is 9.59 Å². The number of para-hydroxylation sites is 1. The maximum Gasteiger partial charge on any atom is 0.243 e. The minimum absolute atomic E-state index is 0.0786. The number of nitrogens with zero attached hydrogens (tertiary/aromatic N) is 1. The van der Waals surface area contributed by atoms with Gasteiger partial charge in [-0.2, -0.15) is 4.31 Å². The van der Waals surface area contributed by atoms with Gasteiger partial charge in [0.25, 0.3) is 0 Å². The van der Waals surface area contributed by atoms with E-state index in [0.717, 1.165) is 0 Å². The van der Waals surface area contributed by atoms with Crippen molar-refractivity contribution >= 4 is 27.3 Å². The lowest BCUT2D eigenvalue weighted by Crippen LogP contribution is -2.40. The van der Waals surface area contributed by atoms with Gasteiger partial charge in [0, 0.05) is 35.5 Å². The normalized spacial score (nSPS) is 14.5. The van der Waals surface area contributed by atoms with Crippen LogP contribution < -0.4 is 5.32 Å². The van der Waals surface area contributed by atoms with Crippen LogP contribution in [0.3, 0.4) is 0 Å². The molecule has 1 saturated heterocycles. The van der Waals surface area contributed by atoms with Crippen LogP contribution in [0, 0.1) is 0 Å². The summed E-state index contributed by atoms with van der Waals surface area (Å²) in [5.74, 6) is -0.430. The van der Waals surface area contributed by atoms with Crippen LogP contribution in [0.15, 0.2) is 83.8 Å². The van der Waals surface area contributed by atoms with Crippen LogP contribution >= 0.6 is 0 Å². The fourth-order valence-corrected chi connectivity index (χ4v) is 5.08. The maximum absolute atomic E-state index is 12.9. The molecule has 170 valence electrons. The molecule has 0 aliphatic carbocycles. The minimum Gasteiger partial charge on any atom is -0.379 e. The van der Waals surface area contributed by atoms with Crippen LogP contribution in [0.4, 0.5) is 5.69 Å². The molecule has 1 aliphatic rings. The number of hydrogen-bond acceptors (Lipinski definition) is 6. The summed E-state index contributed by atoms with van der Waals surface area (Å²) in [7, 11) is -3.70. The van der Waals surface area contributed by atoms with Crippen molar-refractivity contribution in [1.82, 2.24) is 4.31 Å². The Kier molecular flexibility index (Phi) is 6.98. The molecule has 1 aliphatic heterocycles. The van der Waals surface area contributed by atoms with E-state index in [1.54, 1.807) is 60.7 Å². The second-order valence-corrected chi connectivity index (χ2v) is 9.50. The number of carbonyl (C=O) groups is 2. The first-order chi connectivity index (χ1) is 16.0. The van der Waals surface area contributed by atoms with E-state index in [2.05, 4.69) is 5.32 Å². The zero-order valence-corrected chi connectivity index (χ0v) is 18.8. The largest absolute Gasteiger partial charge is 0.379 e. The average molecular weight is 465 g/mol. The molecule has 0 atom stereocenters. The van der Waals surface area contributed by atoms with Gasteiger partial charge in [0.1, 0.15) is 0 Å². The lowest BCUT2D eigenvalue weighted by atomic mass is 10.0. The third-order valence-electron chi connectivity index (χ3n) is 5.41. The van der Waals surface area contributed by atoms with Crippen LogP contribution in [0.1, 0.15) is 26.3 Å². The number of Topliss-reactive ketones (excluding diaryl/α,β-unsaturated/α-hetero) is 1. The minimum atomic E-state index is -3.70. The zero-order valence-electron chi connectivity index (χ0n) is 17.9. The number of rotatable bonds is 8. The molecule has 0 saturated carbocycles. The van der Waals surface area contributed by atoms with Crippen molar-refractivity contribution < 1.29 is 22.7 Å². The first kappa shape index (κ1) is 22.8.